The third-order valence-electron chi connectivity index (χ3n) is 4.22. The molecule has 26 heavy (non-hydrogen) atoms. The van der Waals surface area contributed by atoms with E-state index in [1.165, 1.54) is 36.4 Å². The van der Waals surface area contributed by atoms with Crippen LogP contribution in [-0.2, 0) is 14.8 Å². The number of hydrogen-bond acceptors (Lipinski definition) is 4. The minimum Gasteiger partial charge on any atom is -0.326 e. The van der Waals surface area contributed by atoms with Crippen molar-refractivity contribution >= 4 is 39.1 Å². The topological polar surface area (TPSA) is 92.3 Å². The lowest BCUT2D eigenvalue weighted by atomic mass is 9.85. The van der Waals surface area contributed by atoms with Crippen LogP contribution in [0.2, 0.25) is 5.02 Å². The summed E-state index contributed by atoms with van der Waals surface area (Å²) in [4.78, 5) is 23.9. The van der Waals surface area contributed by atoms with E-state index < -0.39 is 15.9 Å². The number of anilines is 1. The zero-order valence-electron chi connectivity index (χ0n) is 13.7. The van der Waals surface area contributed by atoms with Crippen molar-refractivity contribution in [3.8, 4) is 0 Å². The zero-order chi connectivity index (χ0) is 18.7. The van der Waals surface area contributed by atoms with E-state index >= 15 is 0 Å². The van der Waals surface area contributed by atoms with Gasteiger partial charge in [0.15, 0.2) is 0 Å². The number of amides is 2. The first kappa shape index (κ1) is 18.4. The Morgan fingerprint density at radius 2 is 1.73 bits per heavy atom. The molecule has 0 spiro atoms. The Kier molecular flexibility index (Phi) is 5.29. The van der Waals surface area contributed by atoms with E-state index in [0.717, 1.165) is 19.3 Å². The third-order valence-corrected chi connectivity index (χ3v) is 5.80. The second kappa shape index (κ2) is 7.47. The van der Waals surface area contributed by atoms with Crippen LogP contribution in [0.15, 0.2) is 53.4 Å². The van der Waals surface area contributed by atoms with Gasteiger partial charge < -0.3 is 5.32 Å². The number of halogens is 1. The average molecular weight is 393 g/mol. The molecule has 0 atom stereocenters. The molecule has 1 fully saturated rings. The van der Waals surface area contributed by atoms with Crippen LogP contribution in [0.3, 0.4) is 0 Å². The molecule has 1 saturated carbocycles. The van der Waals surface area contributed by atoms with Crippen molar-refractivity contribution in [2.45, 2.75) is 24.2 Å². The SMILES string of the molecule is O=C(NS(=O)(=O)c1ccc(NC(=O)C2CCC2)cc1)c1cccc(Cl)c1. The maximum Gasteiger partial charge on any atom is 0.265 e. The van der Waals surface area contributed by atoms with E-state index in [4.69, 9.17) is 11.6 Å². The average Bonchev–Trinajstić information content (AvgIpc) is 2.53. The predicted octanol–water partition coefficient (Wildman–Crippen LogP) is 3.20. The molecule has 0 aliphatic heterocycles. The lowest BCUT2D eigenvalue weighted by molar-refractivity contribution is -0.122. The molecule has 0 saturated heterocycles. The summed E-state index contributed by atoms with van der Waals surface area (Å²) in [7, 11) is -4.03. The van der Waals surface area contributed by atoms with Crippen LogP contribution in [0.5, 0.6) is 0 Å². The van der Waals surface area contributed by atoms with E-state index in [2.05, 4.69) is 5.32 Å². The maximum atomic E-state index is 12.3. The van der Waals surface area contributed by atoms with Crippen LogP contribution >= 0.6 is 11.6 Å². The minimum atomic E-state index is -4.03. The quantitative estimate of drug-likeness (QED) is 0.817. The Morgan fingerprint density at radius 3 is 2.31 bits per heavy atom. The van der Waals surface area contributed by atoms with Crippen molar-refractivity contribution in [3.05, 3.63) is 59.1 Å². The second-order valence-electron chi connectivity index (χ2n) is 6.09. The highest BCUT2D eigenvalue weighted by molar-refractivity contribution is 7.90. The molecule has 0 aromatic heterocycles. The fourth-order valence-electron chi connectivity index (χ4n) is 2.50. The highest BCUT2D eigenvalue weighted by atomic mass is 35.5. The maximum absolute atomic E-state index is 12.3. The smallest absolute Gasteiger partial charge is 0.265 e. The molecule has 2 N–H and O–H groups in total. The summed E-state index contributed by atoms with van der Waals surface area (Å²) in [5.74, 6) is -0.786. The minimum absolute atomic E-state index is 0.0374. The highest BCUT2D eigenvalue weighted by Gasteiger charge is 2.25. The van der Waals surface area contributed by atoms with Gasteiger partial charge in [0.1, 0.15) is 0 Å². The molecule has 0 unspecified atom stereocenters. The fourth-order valence-corrected chi connectivity index (χ4v) is 3.67. The zero-order valence-corrected chi connectivity index (χ0v) is 15.3. The van der Waals surface area contributed by atoms with Crippen LogP contribution in [0.4, 0.5) is 5.69 Å². The summed E-state index contributed by atoms with van der Waals surface area (Å²) in [6.07, 6.45) is 2.82. The predicted molar refractivity (Wildman–Crippen MR) is 98.5 cm³/mol. The molecule has 1 aliphatic carbocycles. The molecule has 2 aromatic carbocycles. The summed E-state index contributed by atoms with van der Waals surface area (Å²) in [6, 6.07) is 11.7. The fraction of sp³-hybridized carbons (Fsp3) is 0.222. The van der Waals surface area contributed by atoms with Gasteiger partial charge in [-0.3, -0.25) is 9.59 Å². The Bertz CT molecular complexity index is 938. The monoisotopic (exact) mass is 392 g/mol. The van der Waals surface area contributed by atoms with Crippen molar-refractivity contribution in [3.63, 3.8) is 0 Å². The largest absolute Gasteiger partial charge is 0.326 e. The summed E-state index contributed by atoms with van der Waals surface area (Å²) < 4.78 is 26.7. The normalized spacial score (nSPS) is 14.3. The van der Waals surface area contributed by atoms with Crippen molar-refractivity contribution < 1.29 is 18.0 Å². The van der Waals surface area contributed by atoms with Gasteiger partial charge in [-0.15, -0.1) is 0 Å². The van der Waals surface area contributed by atoms with Crippen molar-refractivity contribution in [1.82, 2.24) is 4.72 Å². The molecule has 2 aromatic rings. The Hall–Kier alpha value is -2.38. The highest BCUT2D eigenvalue weighted by Crippen LogP contribution is 2.27. The van der Waals surface area contributed by atoms with Gasteiger partial charge in [0.2, 0.25) is 5.91 Å². The number of benzene rings is 2. The van der Waals surface area contributed by atoms with E-state index in [0.29, 0.717) is 10.7 Å². The summed E-state index contributed by atoms with van der Waals surface area (Å²) in [5.41, 5.74) is 0.660. The Morgan fingerprint density at radius 1 is 1.04 bits per heavy atom. The molecule has 2 amide bonds. The van der Waals surface area contributed by atoms with Crippen molar-refractivity contribution in [2.24, 2.45) is 5.92 Å². The number of carbonyl (C=O) groups excluding carboxylic acids is 2. The first-order valence-corrected chi connectivity index (χ1v) is 9.95. The van der Waals surface area contributed by atoms with Crippen LogP contribution in [0.25, 0.3) is 0 Å². The standard InChI is InChI=1S/C18H17ClN2O4S/c19-14-6-2-5-13(11-14)18(23)21-26(24,25)16-9-7-15(8-10-16)20-17(22)12-3-1-4-12/h2,5-12H,1,3-4H2,(H,20,22)(H,21,23). The molecule has 8 heteroatoms. The van der Waals surface area contributed by atoms with Gasteiger partial charge in [-0.25, -0.2) is 13.1 Å². The van der Waals surface area contributed by atoms with Crippen LogP contribution < -0.4 is 10.0 Å². The molecule has 0 radical (unpaired) electrons. The van der Waals surface area contributed by atoms with E-state index in [1.54, 1.807) is 12.1 Å². The van der Waals surface area contributed by atoms with Gasteiger partial charge in [0, 0.05) is 22.2 Å². The number of nitrogens with one attached hydrogen (secondary N) is 2. The van der Waals surface area contributed by atoms with Gasteiger partial charge in [0.25, 0.3) is 15.9 Å². The Labute approximate surface area is 156 Å². The van der Waals surface area contributed by atoms with Crippen molar-refractivity contribution in [2.75, 3.05) is 5.32 Å². The molecule has 1 aliphatic rings. The number of hydrogen-bond donors (Lipinski definition) is 2. The molecule has 3 rings (SSSR count). The van der Waals surface area contributed by atoms with E-state index in [9.17, 15) is 18.0 Å². The summed E-state index contributed by atoms with van der Waals surface area (Å²) in [6.45, 7) is 0. The lowest BCUT2D eigenvalue weighted by Gasteiger charge is -2.24. The van der Waals surface area contributed by atoms with Gasteiger partial charge >= 0.3 is 0 Å². The molecular weight excluding hydrogens is 376 g/mol. The summed E-state index contributed by atoms with van der Waals surface area (Å²) >= 11 is 5.81. The van der Waals surface area contributed by atoms with Gasteiger partial charge in [-0.1, -0.05) is 24.1 Å². The van der Waals surface area contributed by atoms with Crippen LogP contribution in [0, 0.1) is 5.92 Å². The molecule has 0 heterocycles. The molecule has 6 nitrogen and oxygen atoms in total. The van der Waals surface area contributed by atoms with Crippen LogP contribution in [-0.4, -0.2) is 20.2 Å². The van der Waals surface area contributed by atoms with Crippen molar-refractivity contribution in [1.29, 1.82) is 0 Å². The summed E-state index contributed by atoms with van der Waals surface area (Å²) in [5, 5.41) is 3.09. The number of sulfonamides is 1. The Balaban J connectivity index is 1.68. The van der Waals surface area contributed by atoms with Gasteiger partial charge in [-0.2, -0.15) is 0 Å². The molecular formula is C18H17ClN2O4S. The second-order valence-corrected chi connectivity index (χ2v) is 8.21. The first-order valence-electron chi connectivity index (χ1n) is 8.09. The van der Waals surface area contributed by atoms with Crippen LogP contribution in [0.1, 0.15) is 29.6 Å². The number of carbonyl (C=O) groups is 2. The van der Waals surface area contributed by atoms with Gasteiger partial charge in [-0.05, 0) is 55.3 Å². The molecule has 136 valence electrons. The molecule has 0 bridgehead atoms. The number of rotatable bonds is 5. The van der Waals surface area contributed by atoms with E-state index in [1.807, 2.05) is 4.72 Å². The third kappa shape index (κ3) is 4.23. The lowest BCUT2D eigenvalue weighted by Crippen LogP contribution is -2.30. The first-order chi connectivity index (χ1) is 12.3. The van der Waals surface area contributed by atoms with Gasteiger partial charge in [0.05, 0.1) is 4.90 Å². The van der Waals surface area contributed by atoms with E-state index in [-0.39, 0.29) is 22.3 Å².